The molecular weight excluding hydrogens is 493 g/mol. The molecule has 1 fully saturated rings. The Labute approximate surface area is 213 Å². The predicted octanol–water partition coefficient (Wildman–Crippen LogP) is 4.59. The van der Waals surface area contributed by atoms with Crippen LogP contribution >= 0.6 is 0 Å². The Bertz CT molecular complexity index is 1150. The Morgan fingerprint density at radius 3 is 2.42 bits per heavy atom. The minimum Gasteiger partial charge on any atom is -0.393 e. The number of alkyl halides is 3. The van der Waals surface area contributed by atoms with Gasteiger partial charge in [-0.2, -0.15) is 18.3 Å². The van der Waals surface area contributed by atoms with Crippen LogP contribution in [0.15, 0.2) is 22.6 Å². The van der Waals surface area contributed by atoms with Gasteiger partial charge in [0.15, 0.2) is 11.5 Å². The predicted molar refractivity (Wildman–Crippen MR) is 131 cm³/mol. The maximum absolute atomic E-state index is 13.8. The van der Waals surface area contributed by atoms with E-state index in [1.807, 2.05) is 13.8 Å². The molecule has 1 heterocycles. The molecule has 0 aliphatic heterocycles. The van der Waals surface area contributed by atoms with Crippen molar-refractivity contribution in [2.24, 2.45) is 21.4 Å². The number of carbonyl (C=O) groups is 2. The number of hydrogen-bond donors (Lipinski definition) is 2. The zero-order valence-corrected chi connectivity index (χ0v) is 21.4. The second-order valence-electron chi connectivity index (χ2n) is 10.3. The molecule has 7 nitrogen and oxygen atoms in total. The van der Waals surface area contributed by atoms with Crippen LogP contribution in [0.4, 0.5) is 13.2 Å². The first kappa shape index (κ1) is 27.9. The third kappa shape index (κ3) is 6.18. The monoisotopic (exact) mass is 524 g/mol. The number of ketones is 1. The van der Waals surface area contributed by atoms with Gasteiger partial charge in [0.1, 0.15) is 0 Å². The number of aliphatic hydroxyl groups excluding tert-OH is 1. The smallest absolute Gasteiger partial charge is 0.393 e. The average molecular weight is 525 g/mol. The van der Waals surface area contributed by atoms with Crippen LogP contribution < -0.4 is 5.73 Å². The number of primary amides is 1. The van der Waals surface area contributed by atoms with Crippen molar-refractivity contribution < 1.29 is 27.9 Å². The van der Waals surface area contributed by atoms with Gasteiger partial charge < -0.3 is 10.8 Å². The first-order valence-corrected chi connectivity index (χ1v) is 12.2. The largest absolute Gasteiger partial charge is 0.435 e. The summed E-state index contributed by atoms with van der Waals surface area (Å²) in [5, 5.41) is 13.6. The van der Waals surface area contributed by atoms with Crippen molar-refractivity contribution in [2.75, 3.05) is 7.05 Å². The van der Waals surface area contributed by atoms with E-state index in [2.05, 4.69) is 21.9 Å². The molecule has 0 spiro atoms. The van der Waals surface area contributed by atoms with E-state index in [-0.39, 0.29) is 36.1 Å². The van der Waals surface area contributed by atoms with Gasteiger partial charge in [-0.05, 0) is 73.6 Å². The van der Waals surface area contributed by atoms with Gasteiger partial charge in [0.25, 0.3) is 0 Å². The van der Waals surface area contributed by atoms with Crippen molar-refractivity contribution in [3.05, 3.63) is 46.3 Å². The molecule has 0 saturated heterocycles. The van der Waals surface area contributed by atoms with Crippen LogP contribution in [0.5, 0.6) is 0 Å². The van der Waals surface area contributed by atoms with Crippen molar-refractivity contribution in [2.45, 2.75) is 71.1 Å². The molecule has 0 radical (unpaired) electrons. The maximum atomic E-state index is 13.8. The molecule has 196 valence electrons. The van der Waals surface area contributed by atoms with Crippen LogP contribution in [-0.2, 0) is 31.4 Å². The van der Waals surface area contributed by atoms with Crippen LogP contribution in [0, 0.1) is 11.3 Å². The first-order chi connectivity index (χ1) is 16.8. The lowest BCUT2D eigenvalue weighted by Gasteiger charge is -2.29. The van der Waals surface area contributed by atoms with E-state index in [0.29, 0.717) is 36.1 Å². The molecule has 0 bridgehead atoms. The Kier molecular flexibility index (Phi) is 8.34. The van der Waals surface area contributed by atoms with Crippen LogP contribution in [0.1, 0.15) is 83.6 Å². The number of carbonyl (C=O) groups excluding carboxylic acids is 2. The third-order valence-electron chi connectivity index (χ3n) is 6.74. The summed E-state index contributed by atoms with van der Waals surface area (Å²) in [6.45, 7) is 3.69. The fourth-order valence-electron chi connectivity index (χ4n) is 5.14. The van der Waals surface area contributed by atoms with E-state index in [4.69, 9.17) is 5.73 Å². The molecular formula is C25H31F3N4O3S. The number of halogens is 3. The molecule has 1 aromatic carbocycles. The fourth-order valence-corrected chi connectivity index (χ4v) is 5.14. The number of nitrogens with two attached hydrogens (primary N) is 1. The Balaban J connectivity index is 0.00000115. The van der Waals surface area contributed by atoms with Crippen molar-refractivity contribution in [1.82, 2.24) is 9.78 Å². The number of rotatable bonds is 4. The molecule has 36 heavy (non-hydrogen) atoms. The number of benzene rings is 1. The highest BCUT2D eigenvalue weighted by molar-refractivity contribution is 7.47. The normalized spacial score (nSPS) is 21.2. The summed E-state index contributed by atoms with van der Waals surface area (Å²) in [5.41, 5.74) is 5.10. The molecule has 1 amide bonds. The highest BCUT2D eigenvalue weighted by Crippen LogP contribution is 2.42. The van der Waals surface area contributed by atoms with Crippen molar-refractivity contribution >= 4 is 24.1 Å². The molecule has 3 N–H and O–H groups in total. The second kappa shape index (κ2) is 10.8. The van der Waals surface area contributed by atoms with Gasteiger partial charge in [-0.3, -0.25) is 9.59 Å². The van der Waals surface area contributed by atoms with Crippen molar-refractivity contribution in [3.63, 3.8) is 0 Å². The minimum absolute atomic E-state index is 0.0220. The van der Waals surface area contributed by atoms with Crippen molar-refractivity contribution in [3.8, 4) is 5.69 Å². The maximum Gasteiger partial charge on any atom is 0.435 e. The number of aromatic nitrogens is 2. The third-order valence-corrected chi connectivity index (χ3v) is 6.74. The summed E-state index contributed by atoms with van der Waals surface area (Å²) in [7, 11) is 1.56. The Morgan fingerprint density at radius 2 is 1.86 bits per heavy atom. The summed E-state index contributed by atoms with van der Waals surface area (Å²) in [5.74, 6) is -0.934. The molecule has 2 aliphatic carbocycles. The van der Waals surface area contributed by atoms with E-state index in [1.165, 1.54) is 16.8 Å². The van der Waals surface area contributed by atoms with E-state index in [0.717, 1.165) is 12.8 Å². The average Bonchev–Trinajstić information content (AvgIpc) is 3.15. The molecule has 2 aromatic rings. The van der Waals surface area contributed by atoms with E-state index >= 15 is 0 Å². The minimum atomic E-state index is -4.76. The van der Waals surface area contributed by atoms with E-state index < -0.39 is 29.0 Å². The lowest BCUT2D eigenvalue weighted by molar-refractivity contribution is -0.141. The zero-order valence-electron chi connectivity index (χ0n) is 20.6. The van der Waals surface area contributed by atoms with Gasteiger partial charge in [-0.15, -0.1) is 0 Å². The molecule has 0 unspecified atom stereocenters. The number of nitrogens with zero attached hydrogens (tertiary/aromatic N) is 3. The second-order valence-corrected chi connectivity index (χ2v) is 10.7. The molecule has 4 rings (SSSR count). The molecule has 2 aliphatic rings. The van der Waals surface area contributed by atoms with Gasteiger partial charge in [-0.1, -0.05) is 13.8 Å². The fraction of sp³-hybridized carbons (Fsp3) is 0.560. The number of amides is 1. The lowest BCUT2D eigenvalue weighted by Crippen LogP contribution is -2.29. The van der Waals surface area contributed by atoms with Gasteiger partial charge in [0.2, 0.25) is 5.91 Å². The first-order valence-electron chi connectivity index (χ1n) is 11.8. The summed E-state index contributed by atoms with van der Waals surface area (Å²) >= 11 is 4.02. The van der Waals surface area contributed by atoms with E-state index in [1.54, 1.807) is 13.1 Å². The topological polar surface area (TPSA) is 111 Å². The summed E-state index contributed by atoms with van der Waals surface area (Å²) in [4.78, 5) is 24.7. The summed E-state index contributed by atoms with van der Waals surface area (Å²) in [6.07, 6.45) is -1.32. The van der Waals surface area contributed by atoms with Gasteiger partial charge in [-0.25, -0.2) is 9.04 Å². The van der Waals surface area contributed by atoms with Crippen LogP contribution in [-0.4, -0.2) is 39.7 Å². The molecule has 1 saturated carbocycles. The molecule has 1 aromatic heterocycles. The SMILES string of the molecule is CC1(C)CC(=O)c2c(C(F)(F)F)nn(-c3ccc(C(N)=O)c(CC4CCC(O)CC4)c3)c2C1.CN=S. The van der Waals surface area contributed by atoms with Crippen LogP contribution in [0.25, 0.3) is 5.69 Å². The van der Waals surface area contributed by atoms with Crippen molar-refractivity contribution in [1.29, 1.82) is 0 Å². The number of aliphatic hydroxyl groups is 1. The number of hydrogen-bond acceptors (Lipinski definition) is 6. The van der Waals surface area contributed by atoms with Gasteiger partial charge >= 0.3 is 6.18 Å². The van der Waals surface area contributed by atoms with Crippen LogP contribution in [0.2, 0.25) is 0 Å². The molecule has 0 atom stereocenters. The highest BCUT2D eigenvalue weighted by atomic mass is 32.1. The zero-order chi connectivity index (χ0) is 26.8. The summed E-state index contributed by atoms with van der Waals surface area (Å²) in [6, 6.07) is 4.69. The number of fused-ring (bicyclic) bond motifs is 1. The Hall–Kier alpha value is -2.66. The quantitative estimate of drug-likeness (QED) is 0.608. The highest BCUT2D eigenvalue weighted by Gasteiger charge is 2.45. The lowest BCUT2D eigenvalue weighted by atomic mass is 9.75. The van der Waals surface area contributed by atoms with Crippen LogP contribution in [0.3, 0.4) is 0 Å². The van der Waals surface area contributed by atoms with Gasteiger partial charge in [0.05, 0.1) is 23.0 Å². The number of Topliss-reactive ketones (excluding diaryl/α,β-unsaturated/α-hetero) is 1. The summed E-state index contributed by atoms with van der Waals surface area (Å²) < 4.78 is 45.5. The molecule has 11 heteroatoms. The van der Waals surface area contributed by atoms with E-state index in [9.17, 15) is 27.9 Å². The Morgan fingerprint density at radius 1 is 1.25 bits per heavy atom. The standard InChI is InChI=1S/C24H28F3N3O3.CH3NS/c1-23(2)11-18-20(19(32)12-23)21(24(25,26)27)29-30(18)15-5-8-17(22(28)33)14(10-15)9-13-3-6-16(31)7-4-13;1-2-3/h5,8,10,13,16,31H,3-4,6-7,9,11-12H2,1-2H3,(H2,28,33);1H3. The van der Waals surface area contributed by atoms with Gasteiger partial charge in [0, 0.05) is 31.5 Å².